The van der Waals surface area contributed by atoms with Gasteiger partial charge in [-0.3, -0.25) is 9.59 Å². The summed E-state index contributed by atoms with van der Waals surface area (Å²) >= 11 is 0. The van der Waals surface area contributed by atoms with E-state index in [2.05, 4.69) is 24.5 Å². The van der Waals surface area contributed by atoms with E-state index in [0.29, 0.717) is 19.3 Å². The highest BCUT2D eigenvalue weighted by molar-refractivity contribution is 5.77. The van der Waals surface area contributed by atoms with Gasteiger partial charge in [0.15, 0.2) is 12.6 Å². The number of rotatable bonds is 76. The highest BCUT2D eigenvalue weighted by Gasteiger charge is 2.60. The van der Waals surface area contributed by atoms with E-state index in [0.717, 1.165) is 51.9 Å². The number of nitrogens with one attached hydrogen (secondary N) is 2. The summed E-state index contributed by atoms with van der Waals surface area (Å²) in [7, 11) is 0. The molecule has 662 valence electrons. The molecule has 3 rings (SSSR count). The molecule has 23 heteroatoms. The maximum Gasteiger partial charge on any atom is 0.364 e. The largest absolute Gasteiger partial charge is 0.477 e. The van der Waals surface area contributed by atoms with E-state index < -0.39 is 148 Å². The molecule has 112 heavy (non-hydrogen) atoms. The van der Waals surface area contributed by atoms with Crippen LogP contribution < -0.4 is 10.6 Å². The summed E-state index contributed by atoms with van der Waals surface area (Å²) in [4.78, 5) is 38.8. The quantitative estimate of drug-likeness (QED) is 0.0252. The molecule has 0 aliphatic carbocycles. The predicted octanol–water partition coefficient (Wildman–Crippen LogP) is 15.1. The average molecular weight is 1600 g/mol. The first-order valence-electron chi connectivity index (χ1n) is 46.4. The van der Waals surface area contributed by atoms with Crippen molar-refractivity contribution in [3.05, 3.63) is 0 Å². The smallest absolute Gasteiger partial charge is 0.364 e. The average Bonchev–Trinajstić information content (AvgIpc) is 0.756. The fourth-order valence-electron chi connectivity index (χ4n) is 16.5. The van der Waals surface area contributed by atoms with E-state index in [1.165, 1.54) is 315 Å². The van der Waals surface area contributed by atoms with Gasteiger partial charge >= 0.3 is 5.97 Å². The van der Waals surface area contributed by atoms with Crippen molar-refractivity contribution in [2.75, 3.05) is 26.4 Å². The number of carbonyl (C=O) groups excluding carboxylic acids is 2. The van der Waals surface area contributed by atoms with Crippen LogP contribution in [0.1, 0.15) is 412 Å². The second kappa shape index (κ2) is 67.5. The summed E-state index contributed by atoms with van der Waals surface area (Å²) in [6.45, 7) is 2.30. The third kappa shape index (κ3) is 45.8. The Morgan fingerprint density at radius 3 is 1.12 bits per heavy atom. The Labute approximate surface area is 678 Å². The van der Waals surface area contributed by atoms with Crippen LogP contribution in [-0.4, -0.2) is 215 Å². The Hall–Kier alpha value is -2.27. The second-order valence-corrected chi connectivity index (χ2v) is 33.9. The van der Waals surface area contributed by atoms with Crippen molar-refractivity contribution >= 4 is 17.8 Å². The summed E-state index contributed by atoms with van der Waals surface area (Å²) in [6.07, 6.45) is 46.9. The highest BCUT2D eigenvalue weighted by atomic mass is 16.8. The minimum absolute atomic E-state index is 0.230. The number of unbranched alkanes of at least 4 members (excludes halogenated alkanes) is 56. The lowest BCUT2D eigenvalue weighted by atomic mass is 9.88. The molecule has 0 spiro atoms. The van der Waals surface area contributed by atoms with Crippen LogP contribution in [0.5, 0.6) is 0 Å². The molecule has 3 fully saturated rings. The number of hydrogen-bond acceptors (Lipinski definition) is 20. The molecular formula is C89H170N2O21. The van der Waals surface area contributed by atoms with Gasteiger partial charge < -0.3 is 100 Å². The first-order chi connectivity index (χ1) is 54.4. The molecule has 0 aromatic heterocycles. The van der Waals surface area contributed by atoms with Crippen LogP contribution in [0.4, 0.5) is 0 Å². The van der Waals surface area contributed by atoms with Crippen LogP contribution in [0, 0.1) is 0 Å². The first-order valence-corrected chi connectivity index (χ1v) is 46.4. The zero-order valence-electron chi connectivity index (χ0n) is 70.8. The third-order valence-corrected chi connectivity index (χ3v) is 23.8. The molecule has 0 bridgehead atoms. The zero-order chi connectivity index (χ0) is 81.7. The van der Waals surface area contributed by atoms with Gasteiger partial charge in [0.1, 0.15) is 67.1 Å². The van der Waals surface area contributed by atoms with E-state index in [1.807, 2.05) is 0 Å². The SMILES string of the molecule is CCCCCCCCCCCCCCCCCCCCCCCCCCCCCCCCCCCCCC(=O)NC(COC1OC(CO)C(OC2OC(CO)C(O)C(OC3(C(=O)O)CC(O)C(NC(C)=O)C(C(O)C(O)CO)O3)C2O)C(O)C1O)C(O)CCCCCCCCCCCCCCCCCCCCCCCCC. The Bertz CT molecular complexity index is 2210. The van der Waals surface area contributed by atoms with E-state index in [-0.39, 0.29) is 18.9 Å². The third-order valence-electron chi connectivity index (χ3n) is 23.8. The minimum atomic E-state index is -3.08. The van der Waals surface area contributed by atoms with Crippen LogP contribution in [-0.2, 0) is 42.8 Å². The number of aliphatic hydroxyl groups is 11. The number of aliphatic hydroxyl groups excluding tert-OH is 11. The monoisotopic (exact) mass is 1600 g/mol. The number of amides is 2. The standard InChI is InChI=1S/C89H170N2O21/c1-4-6-8-10-12-14-16-18-20-22-24-26-28-29-30-31-32-33-34-35-36-37-38-39-41-43-45-47-49-51-53-55-57-59-61-63-76(99)91-70(71(96)62-60-58-56-54-52-50-48-46-44-42-40-27-25-23-21-19-17-15-13-11-9-7-5-2)68-107-86-81(103)80(102)83(75(67-94)109-86)110-87-82(104)85(79(101)74(66-93)108-87)112-89(88(105)106)64-72(97)77(90-69(3)95)84(111-89)78(100)73(98)65-92/h70-75,77-87,92-94,96-98,100-104H,4-68H2,1-3H3,(H,90,95)(H,91,99)(H,105,106). The van der Waals surface area contributed by atoms with Gasteiger partial charge in [0.05, 0.1) is 50.7 Å². The number of carboxylic acids is 1. The van der Waals surface area contributed by atoms with Crippen molar-refractivity contribution in [3.63, 3.8) is 0 Å². The lowest BCUT2D eigenvalue weighted by molar-refractivity contribution is -0.386. The molecule has 2 amide bonds. The number of ether oxygens (including phenoxy) is 6. The Balaban J connectivity index is 1.42. The van der Waals surface area contributed by atoms with Gasteiger partial charge in [-0.2, -0.15) is 0 Å². The van der Waals surface area contributed by atoms with Gasteiger partial charge in [0, 0.05) is 19.8 Å². The van der Waals surface area contributed by atoms with Crippen LogP contribution in [0.15, 0.2) is 0 Å². The summed E-state index contributed by atoms with van der Waals surface area (Å²) in [6, 6.07) is -2.53. The molecule has 3 saturated heterocycles. The predicted molar refractivity (Wildman–Crippen MR) is 440 cm³/mol. The molecule has 3 aliphatic rings. The Morgan fingerprint density at radius 2 is 0.777 bits per heavy atom. The van der Waals surface area contributed by atoms with Crippen molar-refractivity contribution in [3.8, 4) is 0 Å². The van der Waals surface area contributed by atoms with Gasteiger partial charge in [-0.05, 0) is 12.8 Å². The van der Waals surface area contributed by atoms with Crippen molar-refractivity contribution in [1.29, 1.82) is 0 Å². The van der Waals surface area contributed by atoms with E-state index in [9.17, 15) is 75.7 Å². The number of aliphatic carboxylic acids is 1. The van der Waals surface area contributed by atoms with E-state index in [4.69, 9.17) is 28.4 Å². The number of hydrogen-bond donors (Lipinski definition) is 14. The van der Waals surface area contributed by atoms with Gasteiger partial charge in [0.2, 0.25) is 11.8 Å². The molecule has 0 saturated carbocycles. The Kier molecular flexibility index (Phi) is 62.6. The fourth-order valence-corrected chi connectivity index (χ4v) is 16.5. The molecular weight excluding hydrogens is 1430 g/mol. The van der Waals surface area contributed by atoms with Crippen molar-refractivity contribution in [2.45, 2.75) is 522 Å². The Morgan fingerprint density at radius 1 is 0.429 bits per heavy atom. The summed E-state index contributed by atoms with van der Waals surface area (Å²) in [5.74, 6) is -6.08. The van der Waals surface area contributed by atoms with Gasteiger partial charge in [-0.25, -0.2) is 4.79 Å². The second-order valence-electron chi connectivity index (χ2n) is 33.9. The van der Waals surface area contributed by atoms with Gasteiger partial charge in [-0.15, -0.1) is 0 Å². The van der Waals surface area contributed by atoms with Crippen molar-refractivity contribution in [1.82, 2.24) is 10.6 Å². The topological polar surface area (TPSA) is 373 Å². The summed E-state index contributed by atoms with van der Waals surface area (Å²) in [5, 5.41) is 137. The maximum atomic E-state index is 13.6. The fraction of sp³-hybridized carbons (Fsp3) is 0.966. The number of carboxylic acid groups (broad SMARTS) is 1. The molecule has 3 aliphatic heterocycles. The van der Waals surface area contributed by atoms with E-state index >= 15 is 0 Å². The molecule has 0 radical (unpaired) electrons. The molecule has 23 nitrogen and oxygen atoms in total. The lowest BCUT2D eigenvalue weighted by Crippen LogP contribution is -2.70. The summed E-state index contributed by atoms with van der Waals surface area (Å²) < 4.78 is 35.1. The van der Waals surface area contributed by atoms with Gasteiger partial charge in [0.25, 0.3) is 5.79 Å². The normalized spacial score (nSPS) is 25.3. The summed E-state index contributed by atoms with van der Waals surface area (Å²) in [5.41, 5.74) is 0. The van der Waals surface area contributed by atoms with Gasteiger partial charge in [-0.1, -0.05) is 380 Å². The van der Waals surface area contributed by atoms with Crippen LogP contribution >= 0.6 is 0 Å². The molecule has 18 unspecified atom stereocenters. The molecule has 0 aromatic rings. The molecule has 18 atom stereocenters. The van der Waals surface area contributed by atoms with Crippen LogP contribution in [0.3, 0.4) is 0 Å². The maximum absolute atomic E-state index is 13.6. The number of carbonyl (C=O) groups is 3. The highest BCUT2D eigenvalue weighted by Crippen LogP contribution is 2.39. The molecule has 0 aromatic carbocycles. The molecule has 14 N–H and O–H groups in total. The van der Waals surface area contributed by atoms with Crippen LogP contribution in [0.25, 0.3) is 0 Å². The van der Waals surface area contributed by atoms with Crippen molar-refractivity contribution < 1.29 is 104 Å². The minimum Gasteiger partial charge on any atom is -0.477 e. The van der Waals surface area contributed by atoms with E-state index in [1.54, 1.807) is 0 Å². The first kappa shape index (κ1) is 104. The molecule has 3 heterocycles. The van der Waals surface area contributed by atoms with Crippen molar-refractivity contribution in [2.24, 2.45) is 0 Å². The van der Waals surface area contributed by atoms with Crippen LogP contribution in [0.2, 0.25) is 0 Å². The zero-order valence-corrected chi connectivity index (χ0v) is 70.8. The lowest BCUT2D eigenvalue weighted by Gasteiger charge is -2.50.